The highest BCUT2D eigenvalue weighted by atomic mass is 32.2. The number of benzene rings is 2. The summed E-state index contributed by atoms with van der Waals surface area (Å²) in [5, 5.41) is 10.8. The summed E-state index contributed by atoms with van der Waals surface area (Å²) < 4.78 is 64.5. The number of likely N-dealkylation sites (N-methyl/N-ethyl adjacent to an activating group) is 1. The van der Waals surface area contributed by atoms with E-state index in [4.69, 9.17) is 9.47 Å². The number of rotatable bonds is 19. The molecule has 0 radical (unpaired) electrons. The third-order valence-corrected chi connectivity index (χ3v) is 10.3. The van der Waals surface area contributed by atoms with Crippen molar-refractivity contribution in [2.75, 3.05) is 34.4 Å². The highest BCUT2D eigenvalue weighted by Gasteiger charge is 2.34. The van der Waals surface area contributed by atoms with Gasteiger partial charge in [-0.3, -0.25) is 0 Å². The van der Waals surface area contributed by atoms with Gasteiger partial charge in [0.1, 0.15) is 5.82 Å². The van der Waals surface area contributed by atoms with E-state index in [1.165, 1.54) is 106 Å². The fraction of sp³-hybridized carbons (Fsp3) is 0.564. The Morgan fingerprint density at radius 2 is 1.56 bits per heavy atom. The predicted octanol–water partition coefficient (Wildman–Crippen LogP) is 10.4. The zero-order chi connectivity index (χ0) is 36.1. The highest BCUT2D eigenvalue weighted by Crippen LogP contribution is 2.41. The van der Waals surface area contributed by atoms with Crippen LogP contribution in [0.5, 0.6) is 11.5 Å². The molecule has 0 aromatic heterocycles. The van der Waals surface area contributed by atoms with E-state index in [0.717, 1.165) is 55.4 Å². The minimum Gasteiger partial charge on any atom is -0.493 e. The van der Waals surface area contributed by atoms with Crippen LogP contribution >= 0.6 is 11.9 Å². The molecule has 0 bridgehead atoms. The van der Waals surface area contributed by atoms with E-state index in [2.05, 4.69) is 24.1 Å². The first-order valence-corrected chi connectivity index (χ1v) is 18.7. The van der Waals surface area contributed by atoms with Gasteiger partial charge in [-0.25, -0.2) is 9.18 Å². The van der Waals surface area contributed by atoms with E-state index < -0.39 is 23.5 Å². The number of carbonyl (C=O) groups is 1. The van der Waals surface area contributed by atoms with Gasteiger partial charge in [-0.1, -0.05) is 70.3 Å². The molecular formula is C39H52F4N2O4S. The number of alkyl halides is 3. The van der Waals surface area contributed by atoms with Crippen molar-refractivity contribution in [2.24, 2.45) is 5.92 Å². The maximum Gasteiger partial charge on any atom is 0.416 e. The zero-order valence-corrected chi connectivity index (χ0v) is 30.4. The maximum absolute atomic E-state index is 13.5. The number of unbranched alkanes of at least 4 members (excludes halogenated alkanes) is 7. The lowest BCUT2D eigenvalue weighted by Gasteiger charge is -2.24. The minimum absolute atomic E-state index is 0.0735. The first kappa shape index (κ1) is 39.6. The van der Waals surface area contributed by atoms with Crippen molar-refractivity contribution in [1.29, 1.82) is 0 Å². The van der Waals surface area contributed by atoms with E-state index in [1.54, 1.807) is 18.5 Å². The third-order valence-electron chi connectivity index (χ3n) is 9.34. The number of halogens is 4. The Kier molecular flexibility index (Phi) is 15.4. The van der Waals surface area contributed by atoms with E-state index in [-0.39, 0.29) is 22.8 Å². The van der Waals surface area contributed by atoms with Gasteiger partial charge in [0, 0.05) is 29.8 Å². The van der Waals surface area contributed by atoms with Gasteiger partial charge in [0.2, 0.25) is 0 Å². The topological polar surface area (TPSA) is 62.2 Å². The molecule has 0 spiro atoms. The normalized spacial score (nSPS) is 16.0. The Labute approximate surface area is 299 Å². The largest absolute Gasteiger partial charge is 0.493 e. The standard InChI is InChI=1S/C24H41NO2.C15H11F4NO2S/c1-25(19-17-22-15-16-23(26-2)24(20-22)27-3)18-11-9-7-5-4-6-8-10-12-21-13-14-21;16-10-4-8(3-9(5-10)15(17,18)19)13-7-23-20(11-1-2-11)6-12(13)14(21)22/h15-16,20-21H,4-14,17-19H2,1-3H3;3-7,11H,1-2H2,(H,21,22). The van der Waals surface area contributed by atoms with Gasteiger partial charge in [0.05, 0.1) is 25.4 Å². The van der Waals surface area contributed by atoms with Gasteiger partial charge in [0.25, 0.3) is 0 Å². The Morgan fingerprint density at radius 1 is 0.900 bits per heavy atom. The van der Waals surface area contributed by atoms with E-state index >= 15 is 0 Å². The van der Waals surface area contributed by atoms with Crippen molar-refractivity contribution in [2.45, 2.75) is 102 Å². The van der Waals surface area contributed by atoms with Gasteiger partial charge in [0.15, 0.2) is 11.5 Å². The average molecular weight is 721 g/mol. The lowest BCUT2D eigenvalue weighted by molar-refractivity contribution is -0.137. The quantitative estimate of drug-likeness (QED) is 0.0881. The van der Waals surface area contributed by atoms with Gasteiger partial charge in [-0.05, 0) is 98.6 Å². The summed E-state index contributed by atoms with van der Waals surface area (Å²) in [4.78, 5) is 13.9. The number of nitrogens with zero attached hydrogens (tertiary/aromatic N) is 2. The summed E-state index contributed by atoms with van der Waals surface area (Å²) in [5.41, 5.74) is -0.0124. The molecule has 0 amide bonds. The Bertz CT molecular complexity index is 1460. The van der Waals surface area contributed by atoms with Crippen molar-refractivity contribution in [3.05, 3.63) is 76.1 Å². The van der Waals surface area contributed by atoms with E-state index in [9.17, 15) is 27.5 Å². The number of carboxylic acid groups (broad SMARTS) is 1. The summed E-state index contributed by atoms with van der Waals surface area (Å²) in [6.07, 6.45) is 15.6. The van der Waals surface area contributed by atoms with Gasteiger partial charge < -0.3 is 23.8 Å². The molecule has 1 aliphatic heterocycles. The van der Waals surface area contributed by atoms with E-state index in [1.807, 2.05) is 6.07 Å². The summed E-state index contributed by atoms with van der Waals surface area (Å²) in [5.74, 6) is 0.423. The molecule has 1 N–H and O–H groups in total. The van der Waals surface area contributed by atoms with Crippen molar-refractivity contribution in [3.63, 3.8) is 0 Å². The van der Waals surface area contributed by atoms with Crippen LogP contribution in [0.15, 0.2) is 53.6 Å². The first-order chi connectivity index (χ1) is 24.0. The monoisotopic (exact) mass is 720 g/mol. The second-order valence-electron chi connectivity index (χ2n) is 13.6. The molecule has 0 saturated heterocycles. The van der Waals surface area contributed by atoms with Crippen LogP contribution < -0.4 is 9.47 Å². The molecule has 6 nitrogen and oxygen atoms in total. The summed E-state index contributed by atoms with van der Waals surface area (Å²) in [7, 11) is 5.61. The van der Waals surface area contributed by atoms with Crippen LogP contribution in [-0.4, -0.2) is 60.7 Å². The van der Waals surface area contributed by atoms with Gasteiger partial charge >= 0.3 is 12.1 Å². The van der Waals surface area contributed by atoms with Crippen LogP contribution in [0.1, 0.15) is 100 Å². The molecule has 1 heterocycles. The van der Waals surface area contributed by atoms with Crippen molar-refractivity contribution in [1.82, 2.24) is 9.21 Å². The number of aliphatic carboxylic acids is 1. The number of hydrogen-bond acceptors (Lipinski definition) is 6. The Hall–Kier alpha value is -3.18. The first-order valence-electron chi connectivity index (χ1n) is 17.9. The van der Waals surface area contributed by atoms with Gasteiger partial charge in [-0.15, -0.1) is 0 Å². The van der Waals surface area contributed by atoms with Crippen LogP contribution in [0.4, 0.5) is 17.6 Å². The fourth-order valence-electron chi connectivity index (χ4n) is 5.98. The molecule has 0 atom stereocenters. The predicted molar refractivity (Wildman–Crippen MR) is 193 cm³/mol. The molecule has 50 heavy (non-hydrogen) atoms. The molecule has 2 aliphatic carbocycles. The SMILES string of the molecule is COc1ccc(CCN(C)CCCCCCCCCCC2CC2)cc1OC.O=C(O)C1=CN(C2CC2)SC=C1c1cc(F)cc(C(F)(F)F)c1. The second-order valence-corrected chi connectivity index (χ2v) is 14.5. The van der Waals surface area contributed by atoms with Crippen LogP contribution in [-0.2, 0) is 17.4 Å². The molecular weight excluding hydrogens is 668 g/mol. The summed E-state index contributed by atoms with van der Waals surface area (Å²) >= 11 is 1.20. The van der Waals surface area contributed by atoms with Crippen LogP contribution in [0.3, 0.4) is 0 Å². The number of methoxy groups -OCH3 is 2. The molecule has 2 aromatic rings. The van der Waals surface area contributed by atoms with Crippen LogP contribution in [0.2, 0.25) is 0 Å². The number of hydrogen-bond donors (Lipinski definition) is 1. The van der Waals surface area contributed by atoms with Crippen molar-refractivity contribution >= 4 is 23.5 Å². The minimum atomic E-state index is -4.70. The Balaban J connectivity index is 0.000000227. The van der Waals surface area contributed by atoms with Gasteiger partial charge in [-0.2, -0.15) is 13.2 Å². The molecule has 0 unspecified atom stereocenters. The molecule has 11 heteroatoms. The highest BCUT2D eigenvalue weighted by molar-refractivity contribution is 8.00. The Morgan fingerprint density at radius 3 is 2.16 bits per heavy atom. The number of carboxylic acids is 1. The second kappa shape index (κ2) is 19.4. The summed E-state index contributed by atoms with van der Waals surface area (Å²) in [6.45, 7) is 2.30. The maximum atomic E-state index is 13.5. The van der Waals surface area contributed by atoms with Crippen molar-refractivity contribution < 1.29 is 36.9 Å². The lowest BCUT2D eigenvalue weighted by Crippen LogP contribution is -2.22. The third kappa shape index (κ3) is 13.2. The lowest BCUT2D eigenvalue weighted by atomic mass is 9.97. The molecule has 276 valence electrons. The number of ether oxygens (including phenoxy) is 2. The van der Waals surface area contributed by atoms with Crippen molar-refractivity contribution in [3.8, 4) is 11.5 Å². The smallest absolute Gasteiger partial charge is 0.416 e. The average Bonchev–Trinajstić information content (AvgIpc) is 4.03. The summed E-state index contributed by atoms with van der Waals surface area (Å²) in [6, 6.07) is 8.53. The van der Waals surface area contributed by atoms with Crippen LogP contribution in [0.25, 0.3) is 5.57 Å². The van der Waals surface area contributed by atoms with Crippen LogP contribution in [0, 0.1) is 11.7 Å². The molecule has 2 fully saturated rings. The molecule has 5 rings (SSSR count). The molecule has 2 saturated carbocycles. The molecule has 3 aliphatic rings. The van der Waals surface area contributed by atoms with E-state index in [0.29, 0.717) is 6.07 Å². The fourth-order valence-corrected chi connectivity index (χ4v) is 7.02. The molecule has 2 aromatic carbocycles. The zero-order valence-electron chi connectivity index (χ0n) is 29.6.